The summed E-state index contributed by atoms with van der Waals surface area (Å²) in [6.45, 7) is 4.06. The van der Waals surface area contributed by atoms with Crippen molar-refractivity contribution >= 4 is 15.9 Å². The SMILES string of the molecule is Cc1ccc(C2(Cc3ccc(F)c(Br)c3)CNC2)cc1. The predicted molar refractivity (Wildman–Crippen MR) is 83.5 cm³/mol. The molecule has 0 atom stereocenters. The summed E-state index contributed by atoms with van der Waals surface area (Å²) in [5.74, 6) is -0.204. The van der Waals surface area contributed by atoms with Crippen LogP contribution in [0, 0.1) is 12.7 Å². The fourth-order valence-corrected chi connectivity index (χ4v) is 3.23. The molecule has 1 heterocycles. The van der Waals surface area contributed by atoms with Crippen LogP contribution in [0.2, 0.25) is 0 Å². The number of hydrogen-bond acceptors (Lipinski definition) is 1. The molecule has 2 aromatic carbocycles. The smallest absolute Gasteiger partial charge is 0.137 e. The summed E-state index contributed by atoms with van der Waals surface area (Å²) in [5, 5.41) is 3.38. The lowest BCUT2D eigenvalue weighted by Crippen LogP contribution is -2.58. The molecule has 104 valence electrons. The predicted octanol–water partition coefficient (Wildman–Crippen LogP) is 3.98. The Morgan fingerprint density at radius 3 is 2.40 bits per heavy atom. The molecular weight excluding hydrogens is 317 g/mol. The van der Waals surface area contributed by atoms with Gasteiger partial charge in [0.2, 0.25) is 0 Å². The zero-order valence-electron chi connectivity index (χ0n) is 11.4. The molecule has 1 saturated heterocycles. The third-order valence-corrected chi connectivity index (χ3v) is 4.72. The second-order valence-electron chi connectivity index (χ2n) is 5.68. The lowest BCUT2D eigenvalue weighted by Gasteiger charge is -2.43. The molecule has 1 aliphatic heterocycles. The van der Waals surface area contributed by atoms with Gasteiger partial charge in [-0.15, -0.1) is 0 Å². The molecule has 1 aliphatic rings. The second-order valence-corrected chi connectivity index (χ2v) is 6.53. The first-order chi connectivity index (χ1) is 9.59. The Balaban J connectivity index is 1.89. The number of hydrogen-bond donors (Lipinski definition) is 1. The molecule has 1 fully saturated rings. The zero-order valence-corrected chi connectivity index (χ0v) is 13.0. The van der Waals surface area contributed by atoms with Gasteiger partial charge in [0.05, 0.1) is 4.47 Å². The van der Waals surface area contributed by atoms with Crippen LogP contribution in [0.15, 0.2) is 46.9 Å². The van der Waals surface area contributed by atoms with Crippen molar-refractivity contribution in [2.75, 3.05) is 13.1 Å². The van der Waals surface area contributed by atoms with Gasteiger partial charge >= 0.3 is 0 Å². The number of rotatable bonds is 3. The molecule has 3 rings (SSSR count). The first-order valence-electron chi connectivity index (χ1n) is 6.81. The van der Waals surface area contributed by atoms with Crippen molar-refractivity contribution in [2.24, 2.45) is 0 Å². The first-order valence-corrected chi connectivity index (χ1v) is 7.60. The highest BCUT2D eigenvalue weighted by Gasteiger charge is 2.38. The van der Waals surface area contributed by atoms with Crippen molar-refractivity contribution in [1.82, 2.24) is 5.32 Å². The highest BCUT2D eigenvalue weighted by atomic mass is 79.9. The minimum absolute atomic E-state index is 0.144. The van der Waals surface area contributed by atoms with E-state index in [0.717, 1.165) is 19.5 Å². The highest BCUT2D eigenvalue weighted by molar-refractivity contribution is 9.10. The van der Waals surface area contributed by atoms with E-state index in [2.05, 4.69) is 52.4 Å². The molecule has 0 bridgehead atoms. The van der Waals surface area contributed by atoms with Crippen LogP contribution < -0.4 is 5.32 Å². The third kappa shape index (κ3) is 2.52. The molecular formula is C17H17BrFN. The summed E-state index contributed by atoms with van der Waals surface area (Å²) in [4.78, 5) is 0. The second kappa shape index (κ2) is 5.30. The minimum atomic E-state index is -0.204. The van der Waals surface area contributed by atoms with E-state index in [-0.39, 0.29) is 11.2 Å². The molecule has 2 aromatic rings. The van der Waals surface area contributed by atoms with Gasteiger partial charge in [-0.1, -0.05) is 35.9 Å². The molecule has 20 heavy (non-hydrogen) atoms. The molecule has 0 spiro atoms. The third-order valence-electron chi connectivity index (χ3n) is 4.12. The Kier molecular flexibility index (Phi) is 3.65. The van der Waals surface area contributed by atoms with E-state index in [4.69, 9.17) is 0 Å². The average molecular weight is 334 g/mol. The van der Waals surface area contributed by atoms with E-state index in [0.29, 0.717) is 4.47 Å². The summed E-state index contributed by atoms with van der Waals surface area (Å²) in [6, 6.07) is 14.1. The molecule has 0 unspecified atom stereocenters. The molecule has 0 aromatic heterocycles. The van der Waals surface area contributed by atoms with Crippen molar-refractivity contribution in [2.45, 2.75) is 18.8 Å². The molecule has 3 heteroatoms. The van der Waals surface area contributed by atoms with Gasteiger partial charge in [0.25, 0.3) is 0 Å². The number of benzene rings is 2. The van der Waals surface area contributed by atoms with E-state index in [1.165, 1.54) is 22.8 Å². The van der Waals surface area contributed by atoms with E-state index in [1.807, 2.05) is 12.1 Å². The van der Waals surface area contributed by atoms with Crippen LogP contribution in [-0.2, 0) is 11.8 Å². The van der Waals surface area contributed by atoms with Crippen molar-refractivity contribution in [3.05, 3.63) is 69.4 Å². The van der Waals surface area contributed by atoms with Crippen LogP contribution in [-0.4, -0.2) is 13.1 Å². The summed E-state index contributed by atoms with van der Waals surface area (Å²) in [7, 11) is 0. The number of nitrogens with one attached hydrogen (secondary N) is 1. The Morgan fingerprint density at radius 1 is 1.15 bits per heavy atom. The fraction of sp³-hybridized carbons (Fsp3) is 0.294. The molecule has 1 N–H and O–H groups in total. The maximum absolute atomic E-state index is 13.3. The fourth-order valence-electron chi connectivity index (χ4n) is 2.81. The van der Waals surface area contributed by atoms with E-state index >= 15 is 0 Å². The van der Waals surface area contributed by atoms with E-state index in [9.17, 15) is 4.39 Å². The quantitative estimate of drug-likeness (QED) is 0.895. The Bertz CT molecular complexity index is 617. The Hall–Kier alpha value is -1.19. The van der Waals surface area contributed by atoms with Crippen LogP contribution >= 0.6 is 15.9 Å². The minimum Gasteiger partial charge on any atom is -0.315 e. The summed E-state index contributed by atoms with van der Waals surface area (Å²) in [6.07, 6.45) is 0.932. The van der Waals surface area contributed by atoms with E-state index < -0.39 is 0 Å². The van der Waals surface area contributed by atoms with Gasteiger partial charge in [0, 0.05) is 18.5 Å². The largest absolute Gasteiger partial charge is 0.315 e. The van der Waals surface area contributed by atoms with Gasteiger partial charge in [0.15, 0.2) is 0 Å². The summed E-state index contributed by atoms with van der Waals surface area (Å²) >= 11 is 3.27. The molecule has 0 radical (unpaired) electrons. The Morgan fingerprint density at radius 2 is 1.85 bits per heavy atom. The van der Waals surface area contributed by atoms with Gasteiger partial charge in [-0.2, -0.15) is 0 Å². The number of aryl methyl sites for hydroxylation is 1. The van der Waals surface area contributed by atoms with Gasteiger partial charge in [-0.05, 0) is 52.5 Å². The highest BCUT2D eigenvalue weighted by Crippen LogP contribution is 2.33. The normalized spacial score (nSPS) is 16.8. The first kappa shape index (κ1) is 13.8. The lowest BCUT2D eigenvalue weighted by atomic mass is 9.71. The van der Waals surface area contributed by atoms with Crippen molar-refractivity contribution in [3.63, 3.8) is 0 Å². The van der Waals surface area contributed by atoms with Crippen LogP contribution in [0.3, 0.4) is 0 Å². The van der Waals surface area contributed by atoms with Crippen LogP contribution in [0.1, 0.15) is 16.7 Å². The van der Waals surface area contributed by atoms with Crippen LogP contribution in [0.25, 0.3) is 0 Å². The average Bonchev–Trinajstić information content (AvgIpc) is 2.39. The topological polar surface area (TPSA) is 12.0 Å². The standard InChI is InChI=1S/C17H17BrFN/c1-12-2-5-14(6-3-12)17(10-20-11-17)9-13-4-7-16(19)15(18)8-13/h2-8,20H,9-11H2,1H3. The molecule has 0 amide bonds. The van der Waals surface area contributed by atoms with Crippen molar-refractivity contribution < 1.29 is 4.39 Å². The monoisotopic (exact) mass is 333 g/mol. The van der Waals surface area contributed by atoms with Crippen LogP contribution in [0.4, 0.5) is 4.39 Å². The van der Waals surface area contributed by atoms with Gasteiger partial charge in [0.1, 0.15) is 5.82 Å². The lowest BCUT2D eigenvalue weighted by molar-refractivity contribution is 0.274. The van der Waals surface area contributed by atoms with Crippen molar-refractivity contribution in [3.8, 4) is 0 Å². The number of halogens is 2. The Labute approximate surface area is 127 Å². The molecule has 1 nitrogen and oxygen atoms in total. The summed E-state index contributed by atoms with van der Waals surface area (Å²) < 4.78 is 13.9. The van der Waals surface area contributed by atoms with Crippen LogP contribution in [0.5, 0.6) is 0 Å². The van der Waals surface area contributed by atoms with Gasteiger partial charge < -0.3 is 5.32 Å². The van der Waals surface area contributed by atoms with Gasteiger partial charge in [-0.3, -0.25) is 0 Å². The summed E-state index contributed by atoms with van der Waals surface area (Å²) in [5.41, 5.74) is 3.95. The maximum atomic E-state index is 13.3. The van der Waals surface area contributed by atoms with Gasteiger partial charge in [-0.25, -0.2) is 4.39 Å². The van der Waals surface area contributed by atoms with Crippen molar-refractivity contribution in [1.29, 1.82) is 0 Å². The molecule has 0 aliphatic carbocycles. The zero-order chi connectivity index (χ0) is 14.2. The van der Waals surface area contributed by atoms with E-state index in [1.54, 1.807) is 0 Å². The maximum Gasteiger partial charge on any atom is 0.137 e. The molecule has 0 saturated carbocycles.